The number of aldehydes is 1. The van der Waals surface area contributed by atoms with E-state index < -0.39 is 0 Å². The minimum atomic E-state index is -0.250. The molecule has 0 aliphatic heterocycles. The number of carbonyl (C=O) groups is 2. The molecule has 8 nitrogen and oxygen atoms in total. The lowest BCUT2D eigenvalue weighted by Crippen LogP contribution is -2.05. The first-order valence-corrected chi connectivity index (χ1v) is 14.6. The Balaban J connectivity index is 0.00000171. The van der Waals surface area contributed by atoms with Gasteiger partial charge in [0.15, 0.2) is 0 Å². The van der Waals surface area contributed by atoms with Crippen molar-refractivity contribution >= 4 is 12.8 Å². The topological polar surface area (TPSA) is 123 Å². The lowest BCUT2D eigenvalue weighted by atomic mass is 9.99. The van der Waals surface area contributed by atoms with Crippen molar-refractivity contribution in [2.45, 2.75) is 64.7 Å². The quantitative estimate of drug-likeness (QED) is 0.0672. The van der Waals surface area contributed by atoms with E-state index in [0.717, 1.165) is 36.0 Å². The number of aryl methyl sites for hydroxylation is 1. The molecule has 0 atom stereocenters. The number of halogens is 1. The van der Waals surface area contributed by atoms with E-state index in [1.807, 2.05) is 30.3 Å². The molecule has 2 rings (SSSR count). The standard InChI is InChI=1S/C29H41FO4.C4H6O2.CH2O2/c1-4-5-6-7-8-9-10-11-24-12-13-25(20-29(24)30)26-18-27(33-15-14-23(2)22-31)21-28(19-26)34-17-16-32-3;1-4(2-5)3-6;2-1-3/h12-13,18-21,31H,2,4-11,14-17,22H2,1,3H3;2,6H,1,3H2;1H,(H,2,3). The Morgan fingerprint density at radius 2 is 1.44 bits per heavy atom. The Bertz CT molecular complexity index is 1070. The molecule has 0 aromatic heterocycles. The molecule has 0 aliphatic rings. The second-order valence-corrected chi connectivity index (χ2v) is 9.76. The Kier molecular flexibility index (Phi) is 24.0. The third-order valence-electron chi connectivity index (χ3n) is 6.19. The summed E-state index contributed by atoms with van der Waals surface area (Å²) in [6, 6.07) is 11.0. The summed E-state index contributed by atoms with van der Waals surface area (Å²) < 4.78 is 31.6. The van der Waals surface area contributed by atoms with Gasteiger partial charge in [0.05, 0.1) is 26.4 Å². The van der Waals surface area contributed by atoms with Crippen molar-refractivity contribution in [2.24, 2.45) is 0 Å². The average Bonchev–Trinajstić information content (AvgIpc) is 3.01. The number of hydrogen-bond donors (Lipinski definition) is 3. The largest absolute Gasteiger partial charge is 0.493 e. The van der Waals surface area contributed by atoms with Crippen LogP contribution in [0.2, 0.25) is 0 Å². The van der Waals surface area contributed by atoms with Crippen LogP contribution in [0.25, 0.3) is 11.1 Å². The fraction of sp³-hybridized carbons (Fsp3) is 0.471. The molecule has 0 saturated heterocycles. The Hall–Kier alpha value is -3.53. The zero-order chi connectivity index (χ0) is 32.3. The van der Waals surface area contributed by atoms with Crippen molar-refractivity contribution in [3.63, 3.8) is 0 Å². The number of benzene rings is 2. The van der Waals surface area contributed by atoms with E-state index in [-0.39, 0.29) is 31.1 Å². The summed E-state index contributed by atoms with van der Waals surface area (Å²) in [7, 11) is 1.62. The monoisotopic (exact) mass is 604 g/mol. The lowest BCUT2D eigenvalue weighted by Gasteiger charge is -2.13. The summed E-state index contributed by atoms with van der Waals surface area (Å²) in [5.74, 6) is 1.09. The van der Waals surface area contributed by atoms with Gasteiger partial charge in [-0.25, -0.2) is 4.39 Å². The maximum absolute atomic E-state index is 14.9. The predicted molar refractivity (Wildman–Crippen MR) is 168 cm³/mol. The fourth-order valence-corrected chi connectivity index (χ4v) is 3.78. The van der Waals surface area contributed by atoms with E-state index in [1.54, 1.807) is 13.2 Å². The lowest BCUT2D eigenvalue weighted by molar-refractivity contribution is -0.122. The number of methoxy groups -OCH3 is 1. The van der Waals surface area contributed by atoms with Crippen LogP contribution in [0.4, 0.5) is 4.39 Å². The van der Waals surface area contributed by atoms with E-state index in [0.29, 0.717) is 49.6 Å². The number of carboxylic acid groups (broad SMARTS) is 1. The van der Waals surface area contributed by atoms with Gasteiger partial charge in [-0.3, -0.25) is 9.59 Å². The molecule has 0 unspecified atom stereocenters. The van der Waals surface area contributed by atoms with Crippen LogP contribution in [0.1, 0.15) is 63.9 Å². The maximum atomic E-state index is 14.9. The van der Waals surface area contributed by atoms with Gasteiger partial charge in [-0.1, -0.05) is 70.7 Å². The zero-order valence-corrected chi connectivity index (χ0v) is 25.7. The van der Waals surface area contributed by atoms with Crippen molar-refractivity contribution in [2.75, 3.05) is 40.1 Å². The summed E-state index contributed by atoms with van der Waals surface area (Å²) in [6.45, 7) is 9.92. The van der Waals surface area contributed by atoms with Gasteiger partial charge in [0.1, 0.15) is 30.2 Å². The molecule has 0 radical (unpaired) electrons. The van der Waals surface area contributed by atoms with Crippen LogP contribution in [0.3, 0.4) is 0 Å². The Morgan fingerprint density at radius 3 is 1.95 bits per heavy atom. The molecule has 0 heterocycles. The number of aliphatic hydroxyl groups excluding tert-OH is 2. The van der Waals surface area contributed by atoms with Crippen LogP contribution in [0, 0.1) is 5.82 Å². The number of hydrogen-bond acceptors (Lipinski definition) is 7. The van der Waals surface area contributed by atoms with Crippen molar-refractivity contribution in [1.29, 1.82) is 0 Å². The molecule has 9 heteroatoms. The van der Waals surface area contributed by atoms with Crippen LogP contribution in [-0.2, 0) is 20.7 Å². The molecule has 0 saturated carbocycles. The minimum Gasteiger partial charge on any atom is -0.493 e. The van der Waals surface area contributed by atoms with Crippen molar-refractivity contribution in [3.05, 3.63) is 72.1 Å². The van der Waals surface area contributed by atoms with Gasteiger partial charge in [0.25, 0.3) is 6.47 Å². The highest BCUT2D eigenvalue weighted by Gasteiger charge is 2.10. The summed E-state index contributed by atoms with van der Waals surface area (Å²) >= 11 is 0. The number of unbranched alkanes of at least 4 members (excludes halogenated alkanes) is 6. The molecule has 0 bridgehead atoms. The Morgan fingerprint density at radius 1 is 0.837 bits per heavy atom. The molecule has 0 fully saturated rings. The highest BCUT2D eigenvalue weighted by atomic mass is 19.1. The van der Waals surface area contributed by atoms with E-state index in [1.165, 1.54) is 32.1 Å². The first-order valence-electron chi connectivity index (χ1n) is 14.6. The van der Waals surface area contributed by atoms with E-state index >= 15 is 0 Å². The normalized spacial score (nSPS) is 9.98. The average molecular weight is 605 g/mol. The molecule has 3 N–H and O–H groups in total. The SMILES string of the molecule is C=C(C=O)CO.C=C(CO)CCOc1cc(OCCOC)cc(-c2ccc(CCCCCCCCC)c(F)c2)c1.O=CO. The molecule has 0 amide bonds. The van der Waals surface area contributed by atoms with Crippen LogP contribution in [-0.4, -0.2) is 68.2 Å². The molecular formula is C34H49FO8. The first-order chi connectivity index (χ1) is 20.8. The highest BCUT2D eigenvalue weighted by molar-refractivity contribution is 5.72. The third-order valence-corrected chi connectivity index (χ3v) is 6.19. The third kappa shape index (κ3) is 19.3. The number of carbonyl (C=O) groups excluding carboxylic acids is 1. The van der Waals surface area contributed by atoms with E-state index in [9.17, 15) is 9.18 Å². The van der Waals surface area contributed by atoms with Gasteiger partial charge in [-0.2, -0.15) is 0 Å². The summed E-state index contributed by atoms with van der Waals surface area (Å²) in [5, 5.41) is 24.0. The van der Waals surface area contributed by atoms with E-state index in [4.69, 9.17) is 34.3 Å². The number of aliphatic hydroxyl groups is 2. The summed E-state index contributed by atoms with van der Waals surface area (Å²) in [5.41, 5.74) is 3.31. The van der Waals surface area contributed by atoms with Gasteiger partial charge in [-0.05, 0) is 53.3 Å². The van der Waals surface area contributed by atoms with Crippen molar-refractivity contribution < 1.29 is 43.5 Å². The molecular weight excluding hydrogens is 555 g/mol. The minimum absolute atomic E-state index is 0.0563. The van der Waals surface area contributed by atoms with Gasteiger partial charge in [0.2, 0.25) is 0 Å². The van der Waals surface area contributed by atoms with Gasteiger partial charge in [0, 0.05) is 25.2 Å². The zero-order valence-electron chi connectivity index (χ0n) is 25.7. The molecule has 240 valence electrons. The molecule has 43 heavy (non-hydrogen) atoms. The predicted octanol–water partition coefficient (Wildman–Crippen LogP) is 6.56. The van der Waals surface area contributed by atoms with Crippen LogP contribution >= 0.6 is 0 Å². The number of ether oxygens (including phenoxy) is 3. The van der Waals surface area contributed by atoms with Gasteiger partial charge in [-0.15, -0.1) is 0 Å². The van der Waals surface area contributed by atoms with Gasteiger partial charge >= 0.3 is 0 Å². The molecule has 0 spiro atoms. The Labute approximate surface area is 255 Å². The maximum Gasteiger partial charge on any atom is 0.290 e. The summed E-state index contributed by atoms with van der Waals surface area (Å²) in [4.78, 5) is 17.8. The molecule has 2 aromatic carbocycles. The second-order valence-electron chi connectivity index (χ2n) is 9.76. The molecule has 0 aliphatic carbocycles. The highest BCUT2D eigenvalue weighted by Crippen LogP contribution is 2.31. The van der Waals surface area contributed by atoms with Crippen molar-refractivity contribution in [3.8, 4) is 22.6 Å². The second kappa shape index (κ2) is 26.1. The fourth-order valence-electron chi connectivity index (χ4n) is 3.78. The van der Waals surface area contributed by atoms with E-state index in [2.05, 4.69) is 20.1 Å². The van der Waals surface area contributed by atoms with Crippen molar-refractivity contribution in [1.82, 2.24) is 0 Å². The smallest absolute Gasteiger partial charge is 0.290 e. The number of rotatable bonds is 20. The van der Waals surface area contributed by atoms with Crippen LogP contribution in [0.5, 0.6) is 11.5 Å². The molecule has 2 aromatic rings. The summed E-state index contributed by atoms with van der Waals surface area (Å²) in [6.07, 6.45) is 10.4. The van der Waals surface area contributed by atoms with Crippen LogP contribution < -0.4 is 9.47 Å². The first kappa shape index (κ1) is 39.5. The van der Waals surface area contributed by atoms with Crippen LogP contribution in [0.15, 0.2) is 60.7 Å². The van der Waals surface area contributed by atoms with Gasteiger partial charge < -0.3 is 29.5 Å².